The van der Waals surface area contributed by atoms with Gasteiger partial charge in [-0.15, -0.1) is 24.0 Å². The number of rotatable bonds is 7. The van der Waals surface area contributed by atoms with Crippen LogP contribution in [0.15, 0.2) is 23.2 Å². The molecule has 0 unspecified atom stereocenters. The highest BCUT2D eigenvalue weighted by atomic mass is 127. The summed E-state index contributed by atoms with van der Waals surface area (Å²) in [7, 11) is -3.19. The van der Waals surface area contributed by atoms with E-state index in [0.29, 0.717) is 11.1 Å². The van der Waals surface area contributed by atoms with E-state index in [2.05, 4.69) is 17.2 Å². The molecule has 5 nitrogen and oxygen atoms in total. The average Bonchev–Trinajstić information content (AvgIpc) is 2.38. The van der Waals surface area contributed by atoms with Gasteiger partial charge in [-0.25, -0.2) is 17.8 Å². The molecule has 0 heterocycles. The first kappa shape index (κ1) is 21.1. The molecule has 0 amide bonds. The van der Waals surface area contributed by atoms with Crippen LogP contribution < -0.4 is 11.1 Å². The number of nitrogens with one attached hydrogen (secondary N) is 1. The number of benzene rings is 1. The lowest BCUT2D eigenvalue weighted by Gasteiger charge is -2.08. The first-order valence-electron chi connectivity index (χ1n) is 6.80. The Labute approximate surface area is 148 Å². The summed E-state index contributed by atoms with van der Waals surface area (Å²) in [6.45, 7) is 2.94. The second kappa shape index (κ2) is 9.98. The zero-order chi connectivity index (χ0) is 15.9. The fourth-order valence-corrected chi connectivity index (χ4v) is 2.63. The number of hydrogen-bond donors (Lipinski definition) is 2. The monoisotopic (exact) mass is 443 g/mol. The molecule has 0 aliphatic heterocycles. The predicted octanol–water partition coefficient (Wildman–Crippen LogP) is 2.19. The van der Waals surface area contributed by atoms with Crippen LogP contribution in [0.1, 0.15) is 30.9 Å². The molecule has 0 radical (unpaired) electrons. The Bertz CT molecular complexity index is 606. The van der Waals surface area contributed by atoms with E-state index in [0.717, 1.165) is 25.6 Å². The van der Waals surface area contributed by atoms with Gasteiger partial charge in [-0.1, -0.05) is 19.4 Å². The van der Waals surface area contributed by atoms with E-state index in [9.17, 15) is 12.8 Å². The highest BCUT2D eigenvalue weighted by Crippen LogP contribution is 2.15. The Morgan fingerprint density at radius 3 is 2.64 bits per heavy atom. The zero-order valence-electron chi connectivity index (χ0n) is 12.8. The largest absolute Gasteiger partial charge is 0.370 e. The maximum Gasteiger partial charge on any atom is 0.188 e. The molecule has 8 heteroatoms. The molecule has 0 aromatic heterocycles. The van der Waals surface area contributed by atoms with E-state index in [1.807, 2.05) is 0 Å². The molecule has 0 saturated carbocycles. The highest BCUT2D eigenvalue weighted by Gasteiger charge is 2.10. The van der Waals surface area contributed by atoms with Gasteiger partial charge in [-0.2, -0.15) is 0 Å². The molecule has 1 aromatic rings. The molecule has 0 aliphatic rings. The standard InChI is InChI=1S/C14H22FN3O2S.HI/c1-3-4-7-17-14(16)18-9-12-8-13(15)6-5-11(12)10-21(2,19)20;/h5-6,8H,3-4,7,9-10H2,1-2H3,(H3,16,17,18);1H. The number of nitrogens with two attached hydrogens (primary N) is 1. The van der Waals surface area contributed by atoms with Crippen molar-refractivity contribution in [3.63, 3.8) is 0 Å². The molecular formula is C14H23FIN3O2S. The van der Waals surface area contributed by atoms with Crippen LogP contribution in [0.5, 0.6) is 0 Å². The van der Waals surface area contributed by atoms with Gasteiger partial charge >= 0.3 is 0 Å². The maximum atomic E-state index is 13.3. The van der Waals surface area contributed by atoms with Crippen molar-refractivity contribution in [1.29, 1.82) is 0 Å². The van der Waals surface area contributed by atoms with Crippen molar-refractivity contribution in [2.24, 2.45) is 10.7 Å². The molecular weight excluding hydrogens is 420 g/mol. The summed E-state index contributed by atoms with van der Waals surface area (Å²) in [4.78, 5) is 4.12. The molecule has 3 N–H and O–H groups in total. The third-order valence-electron chi connectivity index (χ3n) is 2.84. The first-order valence-corrected chi connectivity index (χ1v) is 8.86. The van der Waals surface area contributed by atoms with Gasteiger partial charge < -0.3 is 11.1 Å². The number of halogens is 2. The normalized spacial score (nSPS) is 11.9. The van der Waals surface area contributed by atoms with Crippen LogP contribution in [-0.2, 0) is 22.1 Å². The van der Waals surface area contributed by atoms with Crippen molar-refractivity contribution >= 4 is 39.8 Å². The van der Waals surface area contributed by atoms with Crippen molar-refractivity contribution in [1.82, 2.24) is 5.32 Å². The minimum absolute atomic E-state index is 0. The summed E-state index contributed by atoms with van der Waals surface area (Å²) in [5.74, 6) is -0.283. The zero-order valence-corrected chi connectivity index (χ0v) is 15.9. The van der Waals surface area contributed by atoms with Gasteiger partial charge in [0.25, 0.3) is 0 Å². The second-order valence-corrected chi connectivity index (χ2v) is 7.11. The molecule has 0 saturated heterocycles. The highest BCUT2D eigenvalue weighted by molar-refractivity contribution is 14.0. The molecule has 1 rings (SSSR count). The maximum absolute atomic E-state index is 13.3. The number of guanidine groups is 1. The fraction of sp³-hybridized carbons (Fsp3) is 0.500. The van der Waals surface area contributed by atoms with Crippen molar-refractivity contribution in [2.45, 2.75) is 32.1 Å². The summed E-state index contributed by atoms with van der Waals surface area (Å²) in [6, 6.07) is 4.02. The molecule has 1 aromatic carbocycles. The molecule has 0 aliphatic carbocycles. The van der Waals surface area contributed by atoms with Gasteiger partial charge in [0.2, 0.25) is 0 Å². The summed E-state index contributed by atoms with van der Waals surface area (Å²) < 4.78 is 36.1. The minimum Gasteiger partial charge on any atom is -0.370 e. The van der Waals surface area contributed by atoms with Crippen LogP contribution in [0.3, 0.4) is 0 Å². The Morgan fingerprint density at radius 1 is 1.36 bits per heavy atom. The predicted molar refractivity (Wildman–Crippen MR) is 98.6 cm³/mol. The number of nitrogens with zero attached hydrogens (tertiary/aromatic N) is 1. The smallest absolute Gasteiger partial charge is 0.188 e. The van der Waals surface area contributed by atoms with Gasteiger partial charge in [-0.05, 0) is 29.7 Å². The number of aliphatic imine (C=N–C) groups is 1. The van der Waals surface area contributed by atoms with Crippen LogP contribution in [0.25, 0.3) is 0 Å². The van der Waals surface area contributed by atoms with Crippen molar-refractivity contribution in [2.75, 3.05) is 12.8 Å². The summed E-state index contributed by atoms with van der Waals surface area (Å²) in [6.07, 6.45) is 3.17. The molecule has 0 spiro atoms. The van der Waals surface area contributed by atoms with E-state index in [1.165, 1.54) is 18.2 Å². The summed E-state index contributed by atoms with van der Waals surface area (Å²) in [5, 5.41) is 2.95. The number of hydrogen-bond acceptors (Lipinski definition) is 3. The fourth-order valence-electron chi connectivity index (χ4n) is 1.78. The molecule has 0 bridgehead atoms. The van der Waals surface area contributed by atoms with E-state index in [-0.39, 0.29) is 42.2 Å². The van der Waals surface area contributed by atoms with Crippen LogP contribution in [-0.4, -0.2) is 27.2 Å². The van der Waals surface area contributed by atoms with Crippen LogP contribution in [0.2, 0.25) is 0 Å². The van der Waals surface area contributed by atoms with Crippen molar-refractivity contribution < 1.29 is 12.8 Å². The lowest BCUT2D eigenvalue weighted by molar-refractivity contribution is 0.600. The molecule has 0 fully saturated rings. The Kier molecular flexibility index (Phi) is 9.58. The minimum atomic E-state index is -3.19. The second-order valence-electron chi connectivity index (χ2n) is 4.96. The number of sulfone groups is 1. The Balaban J connectivity index is 0.00000441. The van der Waals surface area contributed by atoms with E-state index >= 15 is 0 Å². The quantitative estimate of drug-likeness (QED) is 0.293. The first-order chi connectivity index (χ1) is 9.81. The third-order valence-corrected chi connectivity index (χ3v) is 3.68. The molecule has 22 heavy (non-hydrogen) atoms. The van der Waals surface area contributed by atoms with Crippen molar-refractivity contribution in [3.05, 3.63) is 35.1 Å². The van der Waals surface area contributed by atoms with Crippen LogP contribution in [0.4, 0.5) is 4.39 Å². The van der Waals surface area contributed by atoms with Gasteiger partial charge in [0, 0.05) is 12.8 Å². The van der Waals surface area contributed by atoms with Gasteiger partial charge in [0.15, 0.2) is 15.8 Å². The van der Waals surface area contributed by atoms with E-state index in [4.69, 9.17) is 5.73 Å². The topological polar surface area (TPSA) is 84.5 Å². The SMILES string of the molecule is CCCCNC(N)=NCc1cc(F)ccc1CS(C)(=O)=O.I. The van der Waals surface area contributed by atoms with Crippen LogP contribution >= 0.6 is 24.0 Å². The van der Waals surface area contributed by atoms with Crippen LogP contribution in [0, 0.1) is 5.82 Å². The number of unbranched alkanes of at least 4 members (excludes halogenated alkanes) is 1. The average molecular weight is 443 g/mol. The van der Waals surface area contributed by atoms with Gasteiger partial charge in [-0.3, -0.25) is 0 Å². The van der Waals surface area contributed by atoms with Gasteiger partial charge in [0.1, 0.15) is 5.82 Å². The van der Waals surface area contributed by atoms with E-state index < -0.39 is 15.7 Å². The van der Waals surface area contributed by atoms with E-state index in [1.54, 1.807) is 0 Å². The molecule has 0 atom stereocenters. The Morgan fingerprint density at radius 2 is 2.05 bits per heavy atom. The summed E-state index contributed by atoms with van der Waals surface area (Å²) in [5.41, 5.74) is 6.78. The summed E-state index contributed by atoms with van der Waals surface area (Å²) >= 11 is 0. The third kappa shape index (κ3) is 8.52. The lowest BCUT2D eigenvalue weighted by atomic mass is 10.1. The van der Waals surface area contributed by atoms with Crippen molar-refractivity contribution in [3.8, 4) is 0 Å². The van der Waals surface area contributed by atoms with Gasteiger partial charge in [0.05, 0.1) is 12.3 Å². The Hall–Kier alpha value is -0.900. The lowest BCUT2D eigenvalue weighted by Crippen LogP contribution is -2.32. The molecule has 126 valence electrons.